The quantitative estimate of drug-likeness (QED) is 0.624. The fraction of sp³-hybridized carbons (Fsp3) is 0.412. The Labute approximate surface area is 116 Å². The first-order chi connectivity index (χ1) is 9.20. The normalized spacial score (nSPS) is 11.3. The summed E-state index contributed by atoms with van der Waals surface area (Å²) < 4.78 is 0. The van der Waals surface area contributed by atoms with Gasteiger partial charge in [0.1, 0.15) is 0 Å². The summed E-state index contributed by atoms with van der Waals surface area (Å²) in [5.41, 5.74) is 8.30. The number of hydrogen-bond donors (Lipinski definition) is 1. The molecule has 0 amide bonds. The SMILES string of the molecule is CCCCCN(C)Cc1cc2ccccc2cc1N. The predicted molar refractivity (Wildman–Crippen MR) is 84.2 cm³/mol. The molecule has 0 aliphatic heterocycles. The molecule has 0 bridgehead atoms. The van der Waals surface area contributed by atoms with E-state index in [-0.39, 0.29) is 0 Å². The van der Waals surface area contributed by atoms with Crippen molar-refractivity contribution in [1.82, 2.24) is 4.90 Å². The van der Waals surface area contributed by atoms with Crippen molar-refractivity contribution in [2.75, 3.05) is 19.3 Å². The monoisotopic (exact) mass is 256 g/mol. The lowest BCUT2D eigenvalue weighted by Crippen LogP contribution is -2.19. The number of nitrogens with zero attached hydrogens (tertiary/aromatic N) is 1. The molecular formula is C17H24N2. The van der Waals surface area contributed by atoms with Crippen LogP contribution in [0.1, 0.15) is 31.7 Å². The van der Waals surface area contributed by atoms with Gasteiger partial charge in [-0.15, -0.1) is 0 Å². The standard InChI is InChI=1S/C17H24N2/c1-3-4-7-10-19(2)13-16-11-14-8-5-6-9-15(14)12-17(16)18/h5-6,8-9,11-12H,3-4,7,10,13,18H2,1-2H3. The van der Waals surface area contributed by atoms with Crippen LogP contribution in [0.25, 0.3) is 10.8 Å². The van der Waals surface area contributed by atoms with Crippen LogP contribution in [0.3, 0.4) is 0 Å². The van der Waals surface area contributed by atoms with Crippen LogP contribution in [-0.2, 0) is 6.54 Å². The number of benzene rings is 2. The Morgan fingerprint density at radius 2 is 1.74 bits per heavy atom. The summed E-state index contributed by atoms with van der Waals surface area (Å²) in [5.74, 6) is 0. The fourth-order valence-electron chi connectivity index (χ4n) is 2.44. The molecule has 0 heterocycles. The molecule has 2 heteroatoms. The van der Waals surface area contributed by atoms with Gasteiger partial charge in [0.25, 0.3) is 0 Å². The van der Waals surface area contributed by atoms with E-state index in [1.54, 1.807) is 0 Å². The maximum atomic E-state index is 6.16. The molecule has 2 aromatic rings. The second-order valence-corrected chi connectivity index (χ2v) is 5.34. The van der Waals surface area contributed by atoms with E-state index in [9.17, 15) is 0 Å². The van der Waals surface area contributed by atoms with Crippen molar-refractivity contribution < 1.29 is 0 Å². The van der Waals surface area contributed by atoms with Crippen molar-refractivity contribution in [2.45, 2.75) is 32.7 Å². The molecule has 0 spiro atoms. The van der Waals surface area contributed by atoms with Crippen LogP contribution in [0, 0.1) is 0 Å². The highest BCUT2D eigenvalue weighted by molar-refractivity contribution is 5.86. The molecule has 2 rings (SSSR count). The molecule has 0 fully saturated rings. The summed E-state index contributed by atoms with van der Waals surface area (Å²) in [5, 5.41) is 2.49. The van der Waals surface area contributed by atoms with Gasteiger partial charge in [0.15, 0.2) is 0 Å². The Morgan fingerprint density at radius 3 is 2.42 bits per heavy atom. The van der Waals surface area contributed by atoms with Crippen LogP contribution in [0.2, 0.25) is 0 Å². The maximum Gasteiger partial charge on any atom is 0.0366 e. The number of fused-ring (bicyclic) bond motifs is 1. The first kappa shape index (κ1) is 13.9. The van der Waals surface area contributed by atoms with Crippen molar-refractivity contribution in [3.8, 4) is 0 Å². The average Bonchev–Trinajstić information content (AvgIpc) is 2.40. The summed E-state index contributed by atoms with van der Waals surface area (Å²) in [6, 6.07) is 12.7. The van der Waals surface area contributed by atoms with Gasteiger partial charge in [-0.3, -0.25) is 0 Å². The smallest absolute Gasteiger partial charge is 0.0366 e. The number of rotatable bonds is 6. The van der Waals surface area contributed by atoms with Crippen LogP contribution >= 0.6 is 0 Å². The van der Waals surface area contributed by atoms with Crippen molar-refractivity contribution in [2.24, 2.45) is 0 Å². The third-order valence-corrected chi connectivity index (χ3v) is 3.59. The van der Waals surface area contributed by atoms with Gasteiger partial charge in [-0.2, -0.15) is 0 Å². The third-order valence-electron chi connectivity index (χ3n) is 3.59. The number of nitrogen functional groups attached to an aromatic ring is 1. The third kappa shape index (κ3) is 3.71. The summed E-state index contributed by atoms with van der Waals surface area (Å²) >= 11 is 0. The van der Waals surface area contributed by atoms with E-state index in [0.717, 1.165) is 18.8 Å². The summed E-state index contributed by atoms with van der Waals surface area (Å²) in [4.78, 5) is 2.36. The highest BCUT2D eigenvalue weighted by Gasteiger charge is 2.05. The van der Waals surface area contributed by atoms with Crippen LogP contribution in [0.4, 0.5) is 5.69 Å². The van der Waals surface area contributed by atoms with E-state index in [1.165, 1.54) is 35.6 Å². The highest BCUT2D eigenvalue weighted by Crippen LogP contribution is 2.22. The molecule has 0 radical (unpaired) electrons. The lowest BCUT2D eigenvalue weighted by molar-refractivity contribution is 0.319. The number of hydrogen-bond acceptors (Lipinski definition) is 2. The van der Waals surface area contributed by atoms with Crippen LogP contribution < -0.4 is 5.73 Å². The van der Waals surface area contributed by atoms with Gasteiger partial charge in [0.05, 0.1) is 0 Å². The minimum absolute atomic E-state index is 0.904. The van der Waals surface area contributed by atoms with E-state index in [1.807, 2.05) is 0 Å². The van der Waals surface area contributed by atoms with Crippen molar-refractivity contribution in [3.63, 3.8) is 0 Å². The topological polar surface area (TPSA) is 29.3 Å². The van der Waals surface area contributed by atoms with E-state index < -0.39 is 0 Å². The van der Waals surface area contributed by atoms with Crippen LogP contribution in [-0.4, -0.2) is 18.5 Å². The summed E-state index contributed by atoms with van der Waals surface area (Å²) in [7, 11) is 2.17. The lowest BCUT2D eigenvalue weighted by atomic mass is 10.0. The number of nitrogens with two attached hydrogens (primary N) is 1. The van der Waals surface area contributed by atoms with Gasteiger partial charge in [-0.1, -0.05) is 44.0 Å². The molecule has 0 aliphatic rings. The summed E-state index contributed by atoms with van der Waals surface area (Å²) in [6.45, 7) is 4.31. The van der Waals surface area contributed by atoms with Gasteiger partial charge in [0.2, 0.25) is 0 Å². The zero-order chi connectivity index (χ0) is 13.7. The second-order valence-electron chi connectivity index (χ2n) is 5.34. The molecule has 0 atom stereocenters. The van der Waals surface area contributed by atoms with Gasteiger partial charge >= 0.3 is 0 Å². The minimum Gasteiger partial charge on any atom is -0.398 e. The van der Waals surface area contributed by atoms with Gasteiger partial charge < -0.3 is 10.6 Å². The highest BCUT2D eigenvalue weighted by atomic mass is 15.1. The van der Waals surface area contributed by atoms with Crippen molar-refractivity contribution in [1.29, 1.82) is 0 Å². The van der Waals surface area contributed by atoms with E-state index >= 15 is 0 Å². The Bertz CT molecular complexity index is 534. The van der Waals surface area contributed by atoms with Gasteiger partial charge in [-0.05, 0) is 48.5 Å². The van der Waals surface area contributed by atoms with E-state index in [0.29, 0.717) is 0 Å². The molecule has 0 unspecified atom stereocenters. The lowest BCUT2D eigenvalue weighted by Gasteiger charge is -2.18. The molecule has 0 saturated carbocycles. The second kappa shape index (κ2) is 6.58. The molecule has 0 aromatic heterocycles. The number of anilines is 1. The Hall–Kier alpha value is -1.54. The number of unbranched alkanes of at least 4 members (excludes halogenated alkanes) is 2. The Balaban J connectivity index is 2.09. The van der Waals surface area contributed by atoms with E-state index in [2.05, 4.69) is 55.3 Å². The first-order valence-electron chi connectivity index (χ1n) is 7.16. The molecule has 102 valence electrons. The zero-order valence-corrected chi connectivity index (χ0v) is 12.0. The molecule has 0 saturated heterocycles. The van der Waals surface area contributed by atoms with Gasteiger partial charge in [-0.25, -0.2) is 0 Å². The largest absolute Gasteiger partial charge is 0.398 e. The minimum atomic E-state index is 0.904. The molecule has 19 heavy (non-hydrogen) atoms. The molecule has 0 aliphatic carbocycles. The predicted octanol–water partition coefficient (Wildman–Crippen LogP) is 4.04. The zero-order valence-electron chi connectivity index (χ0n) is 12.0. The fourth-order valence-corrected chi connectivity index (χ4v) is 2.44. The Kier molecular flexibility index (Phi) is 4.80. The van der Waals surface area contributed by atoms with Gasteiger partial charge in [0, 0.05) is 12.2 Å². The van der Waals surface area contributed by atoms with E-state index in [4.69, 9.17) is 5.73 Å². The van der Waals surface area contributed by atoms with Crippen LogP contribution in [0.5, 0.6) is 0 Å². The molecular weight excluding hydrogens is 232 g/mol. The van der Waals surface area contributed by atoms with Crippen molar-refractivity contribution in [3.05, 3.63) is 42.0 Å². The Morgan fingerprint density at radius 1 is 1.05 bits per heavy atom. The molecule has 2 N–H and O–H groups in total. The molecule has 2 nitrogen and oxygen atoms in total. The first-order valence-corrected chi connectivity index (χ1v) is 7.16. The summed E-state index contributed by atoms with van der Waals surface area (Å²) in [6.07, 6.45) is 3.84. The van der Waals surface area contributed by atoms with Crippen LogP contribution in [0.15, 0.2) is 36.4 Å². The molecule has 2 aromatic carbocycles. The van der Waals surface area contributed by atoms with Crippen molar-refractivity contribution >= 4 is 16.5 Å². The maximum absolute atomic E-state index is 6.16. The average molecular weight is 256 g/mol.